The quantitative estimate of drug-likeness (QED) is 0.658. The van der Waals surface area contributed by atoms with E-state index in [1.165, 1.54) is 5.32 Å². The highest BCUT2D eigenvalue weighted by Gasteiger charge is 2.38. The number of anilines is 1. The second-order valence-corrected chi connectivity index (χ2v) is 3.14. The van der Waals surface area contributed by atoms with Crippen molar-refractivity contribution in [3.05, 3.63) is 29.6 Å². The van der Waals surface area contributed by atoms with Crippen LogP contribution in [0.1, 0.15) is 10.4 Å². The molecule has 1 N–H and O–H groups in total. The third-order valence-electron chi connectivity index (χ3n) is 1.89. The minimum Gasteiger partial charge on any atom is -0.465 e. The maximum absolute atomic E-state index is 13.3. The average molecular weight is 265 g/mol. The zero-order chi connectivity index (χ0) is 13.9. The van der Waals surface area contributed by atoms with E-state index in [9.17, 15) is 27.2 Å². The van der Waals surface area contributed by atoms with Crippen LogP contribution in [0, 0.1) is 5.82 Å². The van der Waals surface area contributed by atoms with Gasteiger partial charge < -0.3 is 10.1 Å². The summed E-state index contributed by atoms with van der Waals surface area (Å²) in [6.45, 7) is 0. The van der Waals surface area contributed by atoms with E-state index in [4.69, 9.17) is 0 Å². The standard InChI is InChI=1S/C10H7F4NO3/c1-18-8(16)6-3-2-5(4-7(6)11)15-9(17)10(12,13)14/h2-4H,1H3,(H,15,17). The number of amides is 1. The first-order valence-electron chi connectivity index (χ1n) is 4.51. The molecule has 8 heteroatoms. The maximum atomic E-state index is 13.3. The van der Waals surface area contributed by atoms with Crippen LogP contribution < -0.4 is 5.32 Å². The molecule has 1 rings (SSSR count). The van der Waals surface area contributed by atoms with Gasteiger partial charge in [-0.05, 0) is 18.2 Å². The smallest absolute Gasteiger partial charge is 0.465 e. The van der Waals surface area contributed by atoms with Crippen molar-refractivity contribution in [2.24, 2.45) is 0 Å². The van der Waals surface area contributed by atoms with Gasteiger partial charge in [0.1, 0.15) is 5.82 Å². The van der Waals surface area contributed by atoms with Gasteiger partial charge in [-0.2, -0.15) is 13.2 Å². The molecule has 0 aliphatic heterocycles. The van der Waals surface area contributed by atoms with E-state index in [2.05, 4.69) is 4.74 Å². The minimum absolute atomic E-state index is 0.414. The summed E-state index contributed by atoms with van der Waals surface area (Å²) in [7, 11) is 1.03. The van der Waals surface area contributed by atoms with Crippen LogP contribution in [0.4, 0.5) is 23.2 Å². The summed E-state index contributed by atoms with van der Waals surface area (Å²) >= 11 is 0. The van der Waals surface area contributed by atoms with Gasteiger partial charge in [0.2, 0.25) is 0 Å². The number of alkyl halides is 3. The van der Waals surface area contributed by atoms with Crippen LogP contribution in [0.5, 0.6) is 0 Å². The Kier molecular flexibility index (Phi) is 3.89. The van der Waals surface area contributed by atoms with E-state index in [-0.39, 0.29) is 0 Å². The van der Waals surface area contributed by atoms with Crippen LogP contribution in [0.25, 0.3) is 0 Å². The number of rotatable bonds is 2. The van der Waals surface area contributed by atoms with Gasteiger partial charge in [-0.3, -0.25) is 4.79 Å². The van der Waals surface area contributed by atoms with Crippen LogP contribution in [0.3, 0.4) is 0 Å². The number of carbonyl (C=O) groups is 2. The van der Waals surface area contributed by atoms with Crippen LogP contribution in [-0.2, 0) is 9.53 Å². The average Bonchev–Trinajstić information content (AvgIpc) is 2.27. The molecule has 0 bridgehead atoms. The predicted octanol–water partition coefficient (Wildman–Crippen LogP) is 2.11. The van der Waals surface area contributed by atoms with E-state index in [1.807, 2.05) is 0 Å². The number of carbonyl (C=O) groups excluding carboxylic acids is 2. The molecule has 0 aliphatic carbocycles. The summed E-state index contributed by atoms with van der Waals surface area (Å²) in [4.78, 5) is 21.6. The van der Waals surface area contributed by atoms with E-state index < -0.39 is 35.1 Å². The molecule has 0 aromatic heterocycles. The Balaban J connectivity index is 2.92. The molecule has 0 atom stereocenters. The van der Waals surface area contributed by atoms with Crippen molar-refractivity contribution in [1.82, 2.24) is 0 Å². The molecule has 0 saturated heterocycles. The number of methoxy groups -OCH3 is 1. The first-order chi connectivity index (χ1) is 8.25. The molecule has 0 saturated carbocycles. The lowest BCUT2D eigenvalue weighted by molar-refractivity contribution is -0.167. The molecule has 0 aliphatic rings. The van der Waals surface area contributed by atoms with Crippen molar-refractivity contribution >= 4 is 17.6 Å². The monoisotopic (exact) mass is 265 g/mol. The van der Waals surface area contributed by atoms with Crippen molar-refractivity contribution in [1.29, 1.82) is 0 Å². The molecule has 0 spiro atoms. The number of hydrogen-bond donors (Lipinski definition) is 1. The van der Waals surface area contributed by atoms with Gasteiger partial charge in [0.15, 0.2) is 0 Å². The number of benzene rings is 1. The Morgan fingerprint density at radius 2 is 1.89 bits per heavy atom. The van der Waals surface area contributed by atoms with Gasteiger partial charge in [0.25, 0.3) is 0 Å². The molecular weight excluding hydrogens is 258 g/mol. The van der Waals surface area contributed by atoms with Gasteiger partial charge in [-0.25, -0.2) is 9.18 Å². The number of hydrogen-bond acceptors (Lipinski definition) is 3. The van der Waals surface area contributed by atoms with E-state index in [0.717, 1.165) is 19.2 Å². The second kappa shape index (κ2) is 5.03. The number of ether oxygens (including phenoxy) is 1. The molecule has 1 aromatic rings. The third kappa shape index (κ3) is 3.19. The summed E-state index contributed by atoms with van der Waals surface area (Å²) in [5.74, 6) is -4.30. The molecule has 0 radical (unpaired) electrons. The van der Waals surface area contributed by atoms with Crippen LogP contribution in [0.15, 0.2) is 18.2 Å². The molecule has 98 valence electrons. The van der Waals surface area contributed by atoms with Gasteiger partial charge in [-0.1, -0.05) is 0 Å². The largest absolute Gasteiger partial charge is 0.471 e. The van der Waals surface area contributed by atoms with Crippen LogP contribution in [0.2, 0.25) is 0 Å². The summed E-state index contributed by atoms with van der Waals surface area (Å²) < 4.78 is 53.3. The van der Waals surface area contributed by atoms with Gasteiger partial charge in [0.05, 0.1) is 12.7 Å². The van der Waals surface area contributed by atoms with Crippen molar-refractivity contribution in [2.75, 3.05) is 12.4 Å². The summed E-state index contributed by atoms with van der Waals surface area (Å²) in [5.41, 5.74) is -0.856. The molecule has 0 fully saturated rings. The highest BCUT2D eigenvalue weighted by atomic mass is 19.4. The maximum Gasteiger partial charge on any atom is 0.471 e. The van der Waals surface area contributed by atoms with Crippen molar-refractivity contribution in [2.45, 2.75) is 6.18 Å². The number of esters is 1. The fourth-order valence-electron chi connectivity index (χ4n) is 1.07. The Morgan fingerprint density at radius 3 is 2.33 bits per heavy atom. The molecule has 4 nitrogen and oxygen atoms in total. The van der Waals surface area contributed by atoms with Gasteiger partial charge in [0, 0.05) is 5.69 Å². The molecule has 18 heavy (non-hydrogen) atoms. The Hall–Kier alpha value is -2.12. The Bertz CT molecular complexity index is 485. The second-order valence-electron chi connectivity index (χ2n) is 3.14. The molecular formula is C10H7F4NO3. The van der Waals surface area contributed by atoms with Gasteiger partial charge in [-0.15, -0.1) is 0 Å². The van der Waals surface area contributed by atoms with Crippen molar-refractivity contribution < 1.29 is 31.9 Å². The fraction of sp³-hybridized carbons (Fsp3) is 0.200. The Labute approximate surface area is 98.5 Å². The topological polar surface area (TPSA) is 55.4 Å². The number of nitrogens with one attached hydrogen (secondary N) is 1. The van der Waals surface area contributed by atoms with E-state index in [0.29, 0.717) is 6.07 Å². The third-order valence-corrected chi connectivity index (χ3v) is 1.89. The lowest BCUT2D eigenvalue weighted by atomic mass is 10.2. The molecule has 1 aromatic carbocycles. The first kappa shape index (κ1) is 13.9. The van der Waals surface area contributed by atoms with Crippen LogP contribution >= 0.6 is 0 Å². The fourth-order valence-corrected chi connectivity index (χ4v) is 1.07. The van der Waals surface area contributed by atoms with Crippen molar-refractivity contribution in [3.8, 4) is 0 Å². The number of halogens is 4. The predicted molar refractivity (Wildman–Crippen MR) is 52.4 cm³/mol. The SMILES string of the molecule is COC(=O)c1ccc(NC(=O)C(F)(F)F)cc1F. The Morgan fingerprint density at radius 1 is 1.28 bits per heavy atom. The van der Waals surface area contributed by atoms with Gasteiger partial charge >= 0.3 is 18.1 Å². The van der Waals surface area contributed by atoms with E-state index >= 15 is 0 Å². The lowest BCUT2D eigenvalue weighted by Gasteiger charge is -2.08. The molecule has 0 unspecified atom stereocenters. The molecule has 0 heterocycles. The van der Waals surface area contributed by atoms with E-state index in [1.54, 1.807) is 0 Å². The normalized spacial score (nSPS) is 10.9. The zero-order valence-electron chi connectivity index (χ0n) is 8.97. The summed E-state index contributed by atoms with van der Waals surface area (Å²) in [6.07, 6.45) is -5.07. The highest BCUT2D eigenvalue weighted by Crippen LogP contribution is 2.20. The zero-order valence-corrected chi connectivity index (χ0v) is 8.97. The van der Waals surface area contributed by atoms with Crippen molar-refractivity contribution in [3.63, 3.8) is 0 Å². The first-order valence-corrected chi connectivity index (χ1v) is 4.51. The summed E-state index contributed by atoms with van der Waals surface area (Å²) in [6, 6.07) is 2.46. The summed E-state index contributed by atoms with van der Waals surface area (Å²) in [5, 5.41) is 1.45. The minimum atomic E-state index is -5.07. The van der Waals surface area contributed by atoms with Crippen LogP contribution in [-0.4, -0.2) is 25.2 Å². The highest BCUT2D eigenvalue weighted by molar-refractivity contribution is 5.96. The lowest BCUT2D eigenvalue weighted by Crippen LogP contribution is -2.30. The molecule has 1 amide bonds.